The van der Waals surface area contributed by atoms with E-state index in [-0.39, 0.29) is 0 Å². The highest BCUT2D eigenvalue weighted by Gasteiger charge is 1.99. The number of hydrogen-bond donors (Lipinski definition) is 1. The first-order valence-electron chi connectivity index (χ1n) is 5.17. The Kier molecular flexibility index (Phi) is 3.47. The zero-order valence-electron chi connectivity index (χ0n) is 9.40. The standard InChI is InChI=1S/C13H14N2S/c1-10-6-8-11(9-7-10)16-13-5-3-4-12(14-2)15-13/h3-9H,1-2H3,(H,14,15). The third-order valence-electron chi connectivity index (χ3n) is 2.22. The molecule has 1 heterocycles. The van der Waals surface area contributed by atoms with Crippen LogP contribution >= 0.6 is 11.8 Å². The van der Waals surface area contributed by atoms with E-state index in [0.717, 1.165) is 10.8 Å². The minimum Gasteiger partial charge on any atom is -0.373 e. The van der Waals surface area contributed by atoms with Gasteiger partial charge in [0.1, 0.15) is 10.8 Å². The number of benzene rings is 1. The average Bonchev–Trinajstić information content (AvgIpc) is 2.32. The summed E-state index contributed by atoms with van der Waals surface area (Å²) in [5.41, 5.74) is 1.28. The maximum atomic E-state index is 4.46. The van der Waals surface area contributed by atoms with Gasteiger partial charge in [0.2, 0.25) is 0 Å². The highest BCUT2D eigenvalue weighted by molar-refractivity contribution is 7.99. The summed E-state index contributed by atoms with van der Waals surface area (Å²) in [6.45, 7) is 2.09. The lowest BCUT2D eigenvalue weighted by Crippen LogP contribution is -1.91. The van der Waals surface area contributed by atoms with Crippen LogP contribution in [0.4, 0.5) is 5.82 Å². The van der Waals surface area contributed by atoms with Crippen molar-refractivity contribution in [3.05, 3.63) is 48.0 Å². The Morgan fingerprint density at radius 1 is 1.06 bits per heavy atom. The Labute approximate surface area is 100 Å². The molecule has 82 valence electrons. The normalized spacial score (nSPS) is 10.1. The zero-order valence-corrected chi connectivity index (χ0v) is 10.2. The van der Waals surface area contributed by atoms with Crippen LogP contribution in [-0.4, -0.2) is 12.0 Å². The van der Waals surface area contributed by atoms with Crippen LogP contribution in [0.25, 0.3) is 0 Å². The Bertz CT molecular complexity index is 466. The van der Waals surface area contributed by atoms with Gasteiger partial charge in [-0.05, 0) is 31.2 Å². The molecule has 2 aromatic rings. The van der Waals surface area contributed by atoms with Crippen molar-refractivity contribution < 1.29 is 0 Å². The molecule has 0 aliphatic rings. The van der Waals surface area contributed by atoms with Crippen LogP contribution in [0.1, 0.15) is 5.56 Å². The second-order valence-corrected chi connectivity index (χ2v) is 4.62. The van der Waals surface area contributed by atoms with Crippen LogP contribution < -0.4 is 5.32 Å². The van der Waals surface area contributed by atoms with Crippen LogP contribution in [0.5, 0.6) is 0 Å². The molecular formula is C13H14N2S. The number of aromatic nitrogens is 1. The predicted molar refractivity (Wildman–Crippen MR) is 69.1 cm³/mol. The van der Waals surface area contributed by atoms with Crippen molar-refractivity contribution in [1.82, 2.24) is 4.98 Å². The predicted octanol–water partition coefficient (Wildman–Crippen LogP) is 3.58. The van der Waals surface area contributed by atoms with Crippen LogP contribution in [0.2, 0.25) is 0 Å². The third-order valence-corrected chi connectivity index (χ3v) is 3.17. The average molecular weight is 230 g/mol. The molecule has 1 aromatic carbocycles. The topological polar surface area (TPSA) is 24.9 Å². The molecule has 0 aliphatic carbocycles. The van der Waals surface area contributed by atoms with E-state index in [1.165, 1.54) is 10.5 Å². The van der Waals surface area contributed by atoms with E-state index in [1.807, 2.05) is 25.2 Å². The molecule has 0 aliphatic heterocycles. The minimum absolute atomic E-state index is 0.900. The number of rotatable bonds is 3. The molecule has 1 aromatic heterocycles. The number of anilines is 1. The van der Waals surface area contributed by atoms with Crippen molar-refractivity contribution in [2.45, 2.75) is 16.8 Å². The summed E-state index contributed by atoms with van der Waals surface area (Å²) in [5, 5.41) is 4.05. The van der Waals surface area contributed by atoms with Gasteiger partial charge in [-0.15, -0.1) is 0 Å². The van der Waals surface area contributed by atoms with Gasteiger partial charge in [0.15, 0.2) is 0 Å². The Morgan fingerprint density at radius 3 is 2.50 bits per heavy atom. The molecule has 16 heavy (non-hydrogen) atoms. The molecule has 0 atom stereocenters. The molecule has 0 saturated carbocycles. The highest BCUT2D eigenvalue weighted by Crippen LogP contribution is 2.26. The fraction of sp³-hybridized carbons (Fsp3) is 0.154. The lowest BCUT2D eigenvalue weighted by molar-refractivity contribution is 1.12. The van der Waals surface area contributed by atoms with Crippen molar-refractivity contribution in [1.29, 1.82) is 0 Å². The van der Waals surface area contributed by atoms with Crippen molar-refractivity contribution in [3.63, 3.8) is 0 Å². The first-order chi connectivity index (χ1) is 7.78. The second-order valence-electron chi connectivity index (χ2n) is 3.53. The summed E-state index contributed by atoms with van der Waals surface area (Å²) in [6, 6.07) is 14.5. The Hall–Kier alpha value is -1.48. The summed E-state index contributed by atoms with van der Waals surface area (Å²) in [4.78, 5) is 5.68. The van der Waals surface area contributed by atoms with Gasteiger partial charge in [-0.1, -0.05) is 35.5 Å². The molecule has 0 saturated heterocycles. The molecule has 2 rings (SSSR count). The number of pyridine rings is 1. The molecule has 0 bridgehead atoms. The van der Waals surface area contributed by atoms with E-state index in [1.54, 1.807) is 11.8 Å². The van der Waals surface area contributed by atoms with Gasteiger partial charge >= 0.3 is 0 Å². The number of nitrogens with one attached hydrogen (secondary N) is 1. The van der Waals surface area contributed by atoms with Crippen LogP contribution in [0.15, 0.2) is 52.4 Å². The lowest BCUT2D eigenvalue weighted by atomic mass is 10.2. The van der Waals surface area contributed by atoms with E-state index < -0.39 is 0 Å². The van der Waals surface area contributed by atoms with Crippen LogP contribution in [0, 0.1) is 6.92 Å². The maximum Gasteiger partial charge on any atom is 0.127 e. The first kappa shape index (κ1) is 11.0. The second kappa shape index (κ2) is 5.03. The van der Waals surface area contributed by atoms with Gasteiger partial charge in [0.05, 0.1) is 0 Å². The summed E-state index contributed by atoms with van der Waals surface area (Å²) < 4.78 is 0. The van der Waals surface area contributed by atoms with E-state index in [0.29, 0.717) is 0 Å². The van der Waals surface area contributed by atoms with Crippen molar-refractivity contribution in [2.75, 3.05) is 12.4 Å². The molecule has 0 radical (unpaired) electrons. The van der Waals surface area contributed by atoms with Crippen molar-refractivity contribution in [2.24, 2.45) is 0 Å². The van der Waals surface area contributed by atoms with Gasteiger partial charge in [-0.2, -0.15) is 0 Å². The molecule has 0 spiro atoms. The lowest BCUT2D eigenvalue weighted by Gasteiger charge is -2.03. The van der Waals surface area contributed by atoms with Crippen molar-refractivity contribution in [3.8, 4) is 0 Å². The zero-order chi connectivity index (χ0) is 11.4. The molecule has 0 amide bonds. The first-order valence-corrected chi connectivity index (χ1v) is 5.99. The Morgan fingerprint density at radius 2 is 1.81 bits per heavy atom. The number of aryl methyl sites for hydroxylation is 1. The van der Waals surface area contributed by atoms with Crippen LogP contribution in [0.3, 0.4) is 0 Å². The highest BCUT2D eigenvalue weighted by atomic mass is 32.2. The largest absolute Gasteiger partial charge is 0.373 e. The van der Waals surface area contributed by atoms with E-state index in [4.69, 9.17) is 0 Å². The smallest absolute Gasteiger partial charge is 0.127 e. The molecular weight excluding hydrogens is 216 g/mol. The van der Waals surface area contributed by atoms with Gasteiger partial charge in [-0.3, -0.25) is 0 Å². The summed E-state index contributed by atoms with van der Waals surface area (Å²) in [6.07, 6.45) is 0. The number of nitrogens with zero attached hydrogens (tertiary/aromatic N) is 1. The van der Waals surface area contributed by atoms with E-state index >= 15 is 0 Å². The van der Waals surface area contributed by atoms with Gasteiger partial charge in [-0.25, -0.2) is 4.98 Å². The maximum absolute atomic E-state index is 4.46. The minimum atomic E-state index is 0.900. The van der Waals surface area contributed by atoms with E-state index in [2.05, 4.69) is 41.5 Å². The molecule has 1 N–H and O–H groups in total. The molecule has 2 nitrogen and oxygen atoms in total. The summed E-state index contributed by atoms with van der Waals surface area (Å²) >= 11 is 1.67. The van der Waals surface area contributed by atoms with Crippen molar-refractivity contribution >= 4 is 17.6 Å². The summed E-state index contributed by atoms with van der Waals surface area (Å²) in [5.74, 6) is 0.900. The molecule has 0 unspecified atom stereocenters. The molecule has 3 heteroatoms. The SMILES string of the molecule is CNc1cccc(Sc2ccc(C)cc2)n1. The van der Waals surface area contributed by atoms with Crippen LogP contribution in [-0.2, 0) is 0 Å². The van der Waals surface area contributed by atoms with Gasteiger partial charge in [0.25, 0.3) is 0 Å². The van der Waals surface area contributed by atoms with Gasteiger partial charge < -0.3 is 5.32 Å². The number of hydrogen-bond acceptors (Lipinski definition) is 3. The fourth-order valence-corrected chi connectivity index (χ4v) is 2.14. The fourth-order valence-electron chi connectivity index (χ4n) is 1.34. The quantitative estimate of drug-likeness (QED) is 0.872. The summed E-state index contributed by atoms with van der Waals surface area (Å²) in [7, 11) is 1.88. The Balaban J connectivity index is 2.16. The van der Waals surface area contributed by atoms with E-state index in [9.17, 15) is 0 Å². The van der Waals surface area contributed by atoms with Gasteiger partial charge in [0, 0.05) is 11.9 Å². The molecule has 0 fully saturated rings. The monoisotopic (exact) mass is 230 g/mol. The third kappa shape index (κ3) is 2.76.